The van der Waals surface area contributed by atoms with Crippen LogP contribution in [0.25, 0.3) is 0 Å². The van der Waals surface area contributed by atoms with E-state index in [2.05, 4.69) is 4.74 Å². The lowest BCUT2D eigenvalue weighted by Crippen LogP contribution is -2.14. The van der Waals surface area contributed by atoms with E-state index in [1.807, 2.05) is 0 Å². The fourth-order valence-corrected chi connectivity index (χ4v) is 0.641. The minimum atomic E-state index is -0.312. The molecule has 1 rings (SSSR count). The smallest absolute Gasteiger partial charge is 0.332 e. The van der Waals surface area contributed by atoms with E-state index in [1.165, 1.54) is 0 Å². The van der Waals surface area contributed by atoms with Crippen LogP contribution in [0, 0.1) is 0 Å². The minimum Gasteiger partial charge on any atom is -0.464 e. The first-order chi connectivity index (χ1) is 5.33. The molecule has 0 spiro atoms. The molecule has 64 valence electrons. The third-order valence-electron chi connectivity index (χ3n) is 1.23. The van der Waals surface area contributed by atoms with Gasteiger partial charge in [-0.2, -0.15) is 0 Å². The fourth-order valence-electron chi connectivity index (χ4n) is 0.641. The molecule has 1 atom stereocenters. The van der Waals surface area contributed by atoms with E-state index in [0.717, 1.165) is 6.61 Å². The van der Waals surface area contributed by atoms with Crippen molar-refractivity contribution in [1.29, 1.82) is 0 Å². The Morgan fingerprint density at radius 1 is 1.73 bits per heavy atom. The summed E-state index contributed by atoms with van der Waals surface area (Å²) in [7, 11) is 0. The summed E-state index contributed by atoms with van der Waals surface area (Å²) in [5.74, 6) is -0.312. The normalized spacial score (nSPS) is 21.4. The van der Waals surface area contributed by atoms with Gasteiger partial charge < -0.3 is 14.2 Å². The van der Waals surface area contributed by atoms with Crippen molar-refractivity contribution < 1.29 is 19.0 Å². The molecule has 0 aromatic carbocycles. The number of hydrogen-bond donors (Lipinski definition) is 0. The second-order valence-corrected chi connectivity index (χ2v) is 2.28. The quantitative estimate of drug-likeness (QED) is 0.418. The van der Waals surface area contributed by atoms with E-state index in [4.69, 9.17) is 9.47 Å². The number of ether oxygens (including phenoxy) is 3. The number of esters is 1. The first-order valence-corrected chi connectivity index (χ1v) is 3.68. The molecule has 0 aromatic rings. The van der Waals surface area contributed by atoms with Crippen LogP contribution in [0.4, 0.5) is 0 Å². The summed E-state index contributed by atoms with van der Waals surface area (Å²) in [5.41, 5.74) is 0. The van der Waals surface area contributed by atoms with Crippen LogP contribution in [-0.4, -0.2) is 38.5 Å². The standard InChI is InChI=1S/C7H12O4/c1-2-10-7(8)5-9-3-6-4-11-6/h6H,2-5H2,1H3. The lowest BCUT2D eigenvalue weighted by Gasteiger charge is -2.00. The third kappa shape index (κ3) is 3.95. The van der Waals surface area contributed by atoms with Gasteiger partial charge in [0, 0.05) is 0 Å². The molecule has 0 aliphatic carbocycles. The van der Waals surface area contributed by atoms with Crippen molar-refractivity contribution in [3.63, 3.8) is 0 Å². The number of carbonyl (C=O) groups excluding carboxylic acids is 1. The molecular weight excluding hydrogens is 148 g/mol. The molecule has 1 fully saturated rings. The van der Waals surface area contributed by atoms with Gasteiger partial charge in [-0.15, -0.1) is 0 Å². The molecule has 0 saturated carbocycles. The maximum atomic E-state index is 10.7. The number of epoxide rings is 1. The van der Waals surface area contributed by atoms with Gasteiger partial charge >= 0.3 is 5.97 Å². The highest BCUT2D eigenvalue weighted by molar-refractivity contribution is 5.70. The van der Waals surface area contributed by atoms with E-state index >= 15 is 0 Å². The Bertz CT molecular complexity index is 130. The number of hydrogen-bond acceptors (Lipinski definition) is 4. The third-order valence-corrected chi connectivity index (χ3v) is 1.23. The van der Waals surface area contributed by atoms with Crippen molar-refractivity contribution in [2.45, 2.75) is 13.0 Å². The fraction of sp³-hybridized carbons (Fsp3) is 0.857. The molecule has 0 bridgehead atoms. The molecule has 1 heterocycles. The van der Waals surface area contributed by atoms with E-state index in [0.29, 0.717) is 13.2 Å². The maximum absolute atomic E-state index is 10.7. The molecule has 4 heteroatoms. The van der Waals surface area contributed by atoms with Crippen molar-refractivity contribution in [2.75, 3.05) is 26.4 Å². The zero-order valence-electron chi connectivity index (χ0n) is 6.54. The highest BCUT2D eigenvalue weighted by atomic mass is 16.6. The molecule has 0 amide bonds. The van der Waals surface area contributed by atoms with Crippen molar-refractivity contribution in [1.82, 2.24) is 0 Å². The van der Waals surface area contributed by atoms with Gasteiger partial charge in [0.05, 0.1) is 19.8 Å². The van der Waals surface area contributed by atoms with E-state index in [9.17, 15) is 4.79 Å². The molecule has 1 aliphatic heterocycles. The Labute approximate surface area is 65.4 Å². The first-order valence-electron chi connectivity index (χ1n) is 3.68. The molecule has 4 nitrogen and oxygen atoms in total. The molecule has 1 saturated heterocycles. The molecule has 0 radical (unpaired) electrons. The summed E-state index contributed by atoms with van der Waals surface area (Å²) in [6.07, 6.45) is 0.212. The van der Waals surface area contributed by atoms with Crippen LogP contribution in [-0.2, 0) is 19.0 Å². The zero-order valence-corrected chi connectivity index (χ0v) is 6.54. The predicted octanol–water partition coefficient (Wildman–Crippen LogP) is -0.0351. The van der Waals surface area contributed by atoms with Crippen LogP contribution in [0.2, 0.25) is 0 Å². The van der Waals surface area contributed by atoms with Crippen LogP contribution in [0.1, 0.15) is 6.92 Å². The van der Waals surface area contributed by atoms with Crippen LogP contribution in [0.15, 0.2) is 0 Å². The zero-order chi connectivity index (χ0) is 8.10. The Balaban J connectivity index is 1.88. The number of rotatable bonds is 5. The van der Waals surface area contributed by atoms with Gasteiger partial charge in [0.25, 0.3) is 0 Å². The molecule has 0 aromatic heterocycles. The average molecular weight is 160 g/mol. The largest absolute Gasteiger partial charge is 0.464 e. The van der Waals surface area contributed by atoms with E-state index < -0.39 is 0 Å². The second kappa shape index (κ2) is 4.31. The Hall–Kier alpha value is -0.610. The SMILES string of the molecule is CCOC(=O)COCC1CO1. The summed E-state index contributed by atoms with van der Waals surface area (Å²) in [4.78, 5) is 10.7. The molecule has 0 N–H and O–H groups in total. The van der Waals surface area contributed by atoms with Crippen LogP contribution < -0.4 is 0 Å². The lowest BCUT2D eigenvalue weighted by molar-refractivity contribution is -0.148. The van der Waals surface area contributed by atoms with Gasteiger partial charge in [-0.1, -0.05) is 0 Å². The lowest BCUT2D eigenvalue weighted by atomic mass is 10.5. The van der Waals surface area contributed by atoms with Gasteiger partial charge in [0.1, 0.15) is 12.7 Å². The highest BCUT2D eigenvalue weighted by Gasteiger charge is 2.22. The van der Waals surface area contributed by atoms with Crippen LogP contribution in [0.3, 0.4) is 0 Å². The summed E-state index contributed by atoms with van der Waals surface area (Å²) < 4.78 is 14.5. The predicted molar refractivity (Wildman–Crippen MR) is 37.2 cm³/mol. The second-order valence-electron chi connectivity index (χ2n) is 2.28. The van der Waals surface area contributed by atoms with Crippen LogP contribution in [0.5, 0.6) is 0 Å². The molecular formula is C7H12O4. The van der Waals surface area contributed by atoms with Gasteiger partial charge in [0.2, 0.25) is 0 Å². The average Bonchev–Trinajstić information content (AvgIpc) is 2.72. The van der Waals surface area contributed by atoms with E-state index in [-0.39, 0.29) is 18.7 Å². The Morgan fingerprint density at radius 2 is 2.45 bits per heavy atom. The van der Waals surface area contributed by atoms with Gasteiger partial charge in [0.15, 0.2) is 0 Å². The molecule has 11 heavy (non-hydrogen) atoms. The van der Waals surface area contributed by atoms with Crippen molar-refractivity contribution in [3.05, 3.63) is 0 Å². The summed E-state index contributed by atoms with van der Waals surface area (Å²) in [6.45, 7) is 3.46. The summed E-state index contributed by atoms with van der Waals surface area (Å²) in [6, 6.07) is 0. The highest BCUT2D eigenvalue weighted by Crippen LogP contribution is 2.07. The summed E-state index contributed by atoms with van der Waals surface area (Å²) >= 11 is 0. The number of carbonyl (C=O) groups is 1. The molecule has 1 aliphatic rings. The Morgan fingerprint density at radius 3 is 3.00 bits per heavy atom. The van der Waals surface area contributed by atoms with Crippen LogP contribution >= 0.6 is 0 Å². The maximum Gasteiger partial charge on any atom is 0.332 e. The van der Waals surface area contributed by atoms with E-state index in [1.54, 1.807) is 6.92 Å². The van der Waals surface area contributed by atoms with Crippen molar-refractivity contribution in [2.24, 2.45) is 0 Å². The monoisotopic (exact) mass is 160 g/mol. The van der Waals surface area contributed by atoms with Crippen molar-refractivity contribution in [3.8, 4) is 0 Å². The first kappa shape index (κ1) is 8.49. The van der Waals surface area contributed by atoms with Gasteiger partial charge in [-0.3, -0.25) is 0 Å². The topological polar surface area (TPSA) is 48.1 Å². The van der Waals surface area contributed by atoms with Gasteiger partial charge in [-0.25, -0.2) is 4.79 Å². The molecule has 1 unspecified atom stereocenters. The Kier molecular flexibility index (Phi) is 3.32. The summed E-state index contributed by atoms with van der Waals surface area (Å²) in [5, 5.41) is 0. The van der Waals surface area contributed by atoms with Crippen molar-refractivity contribution >= 4 is 5.97 Å². The van der Waals surface area contributed by atoms with Gasteiger partial charge in [-0.05, 0) is 6.92 Å². The minimum absolute atomic E-state index is 0.0354.